The van der Waals surface area contributed by atoms with Gasteiger partial charge in [0.1, 0.15) is 0 Å². The second-order valence-electron chi connectivity index (χ2n) is 4.65. The van der Waals surface area contributed by atoms with Crippen LogP contribution in [0.4, 0.5) is 0 Å². The molecule has 0 saturated heterocycles. The number of esters is 1. The van der Waals surface area contributed by atoms with E-state index < -0.39 is 0 Å². The standard InChI is InChI=1S/C13H23NO2/c1-4-16-13(15)11-6-5-7-12(8-11)14-9-10(2)3/h11-12,14H,2,4-9H2,1,3H3. The highest BCUT2D eigenvalue weighted by atomic mass is 16.5. The summed E-state index contributed by atoms with van der Waals surface area (Å²) in [5, 5.41) is 3.44. The molecule has 0 amide bonds. The molecule has 0 heterocycles. The van der Waals surface area contributed by atoms with Crippen LogP contribution in [0.2, 0.25) is 0 Å². The van der Waals surface area contributed by atoms with Crippen molar-refractivity contribution in [2.24, 2.45) is 5.92 Å². The van der Waals surface area contributed by atoms with Gasteiger partial charge in [0.25, 0.3) is 0 Å². The van der Waals surface area contributed by atoms with E-state index in [0.717, 1.165) is 37.8 Å². The molecule has 1 rings (SSSR count). The summed E-state index contributed by atoms with van der Waals surface area (Å²) in [6, 6.07) is 0.444. The molecule has 1 saturated carbocycles. The number of hydrogen-bond donors (Lipinski definition) is 1. The van der Waals surface area contributed by atoms with Crippen molar-refractivity contribution in [3.63, 3.8) is 0 Å². The predicted molar refractivity (Wildman–Crippen MR) is 65.2 cm³/mol. The number of nitrogens with one attached hydrogen (secondary N) is 1. The number of carbonyl (C=O) groups excluding carboxylic acids is 1. The van der Waals surface area contributed by atoms with Crippen molar-refractivity contribution in [1.82, 2.24) is 5.32 Å². The van der Waals surface area contributed by atoms with E-state index in [1.807, 2.05) is 13.8 Å². The Labute approximate surface area is 98.2 Å². The van der Waals surface area contributed by atoms with Gasteiger partial charge in [0, 0.05) is 12.6 Å². The number of hydrogen-bond acceptors (Lipinski definition) is 3. The average Bonchev–Trinajstić information content (AvgIpc) is 2.27. The Balaban J connectivity index is 2.34. The van der Waals surface area contributed by atoms with Gasteiger partial charge in [0.15, 0.2) is 0 Å². The largest absolute Gasteiger partial charge is 0.466 e. The molecule has 1 fully saturated rings. The van der Waals surface area contributed by atoms with Crippen molar-refractivity contribution in [3.8, 4) is 0 Å². The van der Waals surface area contributed by atoms with E-state index in [0.29, 0.717) is 12.6 Å². The summed E-state index contributed by atoms with van der Waals surface area (Å²) < 4.78 is 5.07. The molecule has 0 aromatic carbocycles. The molecule has 2 atom stereocenters. The first-order valence-corrected chi connectivity index (χ1v) is 6.18. The third-order valence-electron chi connectivity index (χ3n) is 2.99. The third-order valence-corrected chi connectivity index (χ3v) is 2.99. The molecule has 92 valence electrons. The van der Waals surface area contributed by atoms with Crippen LogP contribution in [0.3, 0.4) is 0 Å². The average molecular weight is 225 g/mol. The van der Waals surface area contributed by atoms with Crippen molar-refractivity contribution in [3.05, 3.63) is 12.2 Å². The van der Waals surface area contributed by atoms with Crippen LogP contribution < -0.4 is 5.32 Å². The van der Waals surface area contributed by atoms with Crippen molar-refractivity contribution in [2.75, 3.05) is 13.2 Å². The molecular weight excluding hydrogens is 202 g/mol. The van der Waals surface area contributed by atoms with E-state index >= 15 is 0 Å². The fraction of sp³-hybridized carbons (Fsp3) is 0.769. The minimum atomic E-state index is -0.0238. The predicted octanol–water partition coefficient (Wildman–Crippen LogP) is 2.27. The molecule has 2 unspecified atom stereocenters. The first-order valence-electron chi connectivity index (χ1n) is 6.18. The number of rotatable bonds is 5. The van der Waals surface area contributed by atoms with E-state index in [-0.39, 0.29) is 11.9 Å². The molecule has 3 heteroatoms. The van der Waals surface area contributed by atoms with Gasteiger partial charge in [-0.15, -0.1) is 0 Å². The number of carbonyl (C=O) groups is 1. The molecule has 0 radical (unpaired) electrons. The summed E-state index contributed by atoms with van der Waals surface area (Å²) in [6.45, 7) is 9.07. The second-order valence-corrected chi connectivity index (χ2v) is 4.65. The highest BCUT2D eigenvalue weighted by molar-refractivity contribution is 5.72. The van der Waals surface area contributed by atoms with Crippen LogP contribution in [0, 0.1) is 5.92 Å². The van der Waals surface area contributed by atoms with Gasteiger partial charge in [-0.3, -0.25) is 4.79 Å². The van der Waals surface area contributed by atoms with E-state index in [4.69, 9.17) is 4.74 Å². The molecule has 0 aromatic rings. The second kappa shape index (κ2) is 6.69. The molecule has 1 aliphatic rings. The topological polar surface area (TPSA) is 38.3 Å². The van der Waals surface area contributed by atoms with Crippen molar-refractivity contribution in [2.45, 2.75) is 45.6 Å². The van der Waals surface area contributed by atoms with Crippen molar-refractivity contribution >= 4 is 5.97 Å². The molecule has 0 aliphatic heterocycles. The molecule has 1 N–H and O–H groups in total. The van der Waals surface area contributed by atoms with E-state index in [9.17, 15) is 4.79 Å². The van der Waals surface area contributed by atoms with E-state index in [1.165, 1.54) is 0 Å². The van der Waals surface area contributed by atoms with Crippen LogP contribution in [-0.2, 0) is 9.53 Å². The first-order chi connectivity index (χ1) is 7.63. The lowest BCUT2D eigenvalue weighted by Gasteiger charge is -2.28. The maximum atomic E-state index is 11.6. The molecule has 3 nitrogen and oxygen atoms in total. The lowest BCUT2D eigenvalue weighted by Crippen LogP contribution is -2.37. The van der Waals surface area contributed by atoms with Gasteiger partial charge < -0.3 is 10.1 Å². The van der Waals surface area contributed by atoms with Crippen LogP contribution in [0.25, 0.3) is 0 Å². The maximum Gasteiger partial charge on any atom is 0.308 e. The fourth-order valence-electron chi connectivity index (χ4n) is 2.17. The zero-order valence-electron chi connectivity index (χ0n) is 10.4. The SMILES string of the molecule is C=C(C)CNC1CCCC(C(=O)OCC)C1. The van der Waals surface area contributed by atoms with Crippen molar-refractivity contribution < 1.29 is 9.53 Å². The first kappa shape index (κ1) is 13.2. The van der Waals surface area contributed by atoms with Crippen LogP contribution in [-0.4, -0.2) is 25.2 Å². The molecule has 0 bridgehead atoms. The van der Waals surface area contributed by atoms with Gasteiger partial charge >= 0.3 is 5.97 Å². The van der Waals surface area contributed by atoms with Gasteiger partial charge in [0.2, 0.25) is 0 Å². The van der Waals surface area contributed by atoms with Crippen LogP contribution in [0.15, 0.2) is 12.2 Å². The summed E-state index contributed by atoms with van der Waals surface area (Å²) in [6.07, 6.45) is 4.15. The lowest BCUT2D eigenvalue weighted by molar-refractivity contribution is -0.149. The smallest absolute Gasteiger partial charge is 0.308 e. The third kappa shape index (κ3) is 4.35. The summed E-state index contributed by atoms with van der Waals surface area (Å²) in [5.41, 5.74) is 1.14. The summed E-state index contributed by atoms with van der Waals surface area (Å²) >= 11 is 0. The van der Waals surface area contributed by atoms with E-state index in [1.54, 1.807) is 0 Å². The highest BCUT2D eigenvalue weighted by Gasteiger charge is 2.27. The van der Waals surface area contributed by atoms with E-state index in [2.05, 4.69) is 11.9 Å². The van der Waals surface area contributed by atoms with Crippen LogP contribution in [0.1, 0.15) is 39.5 Å². The zero-order valence-corrected chi connectivity index (χ0v) is 10.4. The van der Waals surface area contributed by atoms with Gasteiger partial charge in [-0.25, -0.2) is 0 Å². The zero-order chi connectivity index (χ0) is 12.0. The van der Waals surface area contributed by atoms with Crippen LogP contribution >= 0.6 is 0 Å². The quantitative estimate of drug-likeness (QED) is 0.576. The van der Waals surface area contributed by atoms with Gasteiger partial charge in [0.05, 0.1) is 12.5 Å². The minimum absolute atomic E-state index is 0.0238. The molecular formula is C13H23NO2. The Morgan fingerprint density at radius 2 is 2.25 bits per heavy atom. The fourth-order valence-corrected chi connectivity index (χ4v) is 2.17. The van der Waals surface area contributed by atoms with Gasteiger partial charge in [-0.2, -0.15) is 0 Å². The van der Waals surface area contributed by atoms with Crippen LogP contribution in [0.5, 0.6) is 0 Å². The molecule has 0 aromatic heterocycles. The Kier molecular flexibility index (Phi) is 5.53. The minimum Gasteiger partial charge on any atom is -0.466 e. The molecule has 16 heavy (non-hydrogen) atoms. The Bertz CT molecular complexity index is 250. The monoisotopic (exact) mass is 225 g/mol. The normalized spacial score (nSPS) is 25.1. The molecule has 1 aliphatic carbocycles. The summed E-state index contributed by atoms with van der Waals surface area (Å²) in [4.78, 5) is 11.6. The Hall–Kier alpha value is -0.830. The summed E-state index contributed by atoms with van der Waals surface area (Å²) in [5.74, 6) is 0.0700. The highest BCUT2D eigenvalue weighted by Crippen LogP contribution is 2.25. The van der Waals surface area contributed by atoms with Crippen molar-refractivity contribution in [1.29, 1.82) is 0 Å². The van der Waals surface area contributed by atoms with Gasteiger partial charge in [-0.1, -0.05) is 18.6 Å². The number of ether oxygens (including phenoxy) is 1. The summed E-state index contributed by atoms with van der Waals surface area (Å²) in [7, 11) is 0. The Morgan fingerprint density at radius 3 is 2.88 bits per heavy atom. The Morgan fingerprint density at radius 1 is 1.50 bits per heavy atom. The lowest BCUT2D eigenvalue weighted by atomic mass is 9.85. The molecule has 0 spiro atoms. The van der Waals surface area contributed by atoms with Gasteiger partial charge in [-0.05, 0) is 33.1 Å². The maximum absolute atomic E-state index is 11.6.